The van der Waals surface area contributed by atoms with E-state index in [4.69, 9.17) is 10.5 Å². The predicted molar refractivity (Wildman–Crippen MR) is 82.2 cm³/mol. The summed E-state index contributed by atoms with van der Waals surface area (Å²) in [7, 11) is 1.51. The molecule has 1 heterocycles. The van der Waals surface area contributed by atoms with Crippen molar-refractivity contribution in [3.05, 3.63) is 54.2 Å². The molecule has 1 unspecified atom stereocenters. The van der Waals surface area contributed by atoms with Crippen LogP contribution in [-0.2, 0) is 11.2 Å². The molecular weight excluding hydrogens is 266 g/mol. The molecule has 21 heavy (non-hydrogen) atoms. The Kier molecular flexibility index (Phi) is 5.29. The van der Waals surface area contributed by atoms with Gasteiger partial charge in [-0.05, 0) is 30.5 Å². The molecule has 1 aromatic carbocycles. The number of hydrogen-bond acceptors (Lipinski definition) is 4. The van der Waals surface area contributed by atoms with Crippen molar-refractivity contribution in [2.45, 2.75) is 18.9 Å². The Morgan fingerprint density at radius 2 is 2.05 bits per heavy atom. The first kappa shape index (κ1) is 15.0. The Balaban J connectivity index is 1.90. The molecule has 0 aliphatic heterocycles. The Bertz CT molecular complexity index is 587. The summed E-state index contributed by atoms with van der Waals surface area (Å²) in [5.41, 5.74) is 7.63. The number of anilines is 1. The second kappa shape index (κ2) is 7.40. The zero-order valence-electron chi connectivity index (χ0n) is 12.0. The van der Waals surface area contributed by atoms with Crippen molar-refractivity contribution in [1.82, 2.24) is 4.98 Å². The summed E-state index contributed by atoms with van der Waals surface area (Å²) >= 11 is 0. The number of hydrogen-bond donors (Lipinski definition) is 2. The van der Waals surface area contributed by atoms with Crippen LogP contribution in [0.5, 0.6) is 5.88 Å². The number of carbonyl (C=O) groups is 1. The highest BCUT2D eigenvalue weighted by molar-refractivity contribution is 5.95. The second-order valence-corrected chi connectivity index (χ2v) is 4.68. The van der Waals surface area contributed by atoms with E-state index in [9.17, 15) is 4.79 Å². The van der Waals surface area contributed by atoms with Gasteiger partial charge in [-0.1, -0.05) is 30.3 Å². The van der Waals surface area contributed by atoms with Crippen LogP contribution in [0.1, 0.15) is 12.0 Å². The third-order valence-corrected chi connectivity index (χ3v) is 3.15. The van der Waals surface area contributed by atoms with Crippen LogP contribution in [0, 0.1) is 0 Å². The molecule has 0 saturated heterocycles. The SMILES string of the molecule is COc1ncccc1NC(=O)C(N)CCc1ccccc1. The fourth-order valence-electron chi connectivity index (χ4n) is 1.97. The van der Waals surface area contributed by atoms with Crippen molar-refractivity contribution in [1.29, 1.82) is 0 Å². The van der Waals surface area contributed by atoms with E-state index < -0.39 is 6.04 Å². The highest BCUT2D eigenvalue weighted by atomic mass is 16.5. The minimum Gasteiger partial charge on any atom is -0.480 e. The summed E-state index contributed by atoms with van der Waals surface area (Å²) in [6.07, 6.45) is 2.95. The van der Waals surface area contributed by atoms with Crippen LogP contribution in [0.2, 0.25) is 0 Å². The van der Waals surface area contributed by atoms with E-state index in [1.807, 2.05) is 30.3 Å². The zero-order valence-corrected chi connectivity index (χ0v) is 12.0. The van der Waals surface area contributed by atoms with Gasteiger partial charge in [0, 0.05) is 6.20 Å². The number of nitrogens with zero attached hydrogens (tertiary/aromatic N) is 1. The first-order chi connectivity index (χ1) is 10.2. The third-order valence-electron chi connectivity index (χ3n) is 3.15. The van der Waals surface area contributed by atoms with E-state index in [0.717, 1.165) is 6.42 Å². The fraction of sp³-hybridized carbons (Fsp3) is 0.250. The molecule has 1 aromatic heterocycles. The minimum atomic E-state index is -0.574. The van der Waals surface area contributed by atoms with Crippen LogP contribution >= 0.6 is 0 Å². The molecular formula is C16H19N3O2. The molecule has 3 N–H and O–H groups in total. The maximum atomic E-state index is 12.1. The number of aryl methyl sites for hydroxylation is 1. The molecule has 0 aliphatic carbocycles. The monoisotopic (exact) mass is 285 g/mol. The molecule has 0 radical (unpaired) electrons. The number of ether oxygens (including phenoxy) is 1. The van der Waals surface area contributed by atoms with Gasteiger partial charge in [0.1, 0.15) is 5.69 Å². The predicted octanol–water partition coefficient (Wildman–Crippen LogP) is 1.99. The molecule has 0 spiro atoms. The lowest BCUT2D eigenvalue weighted by Crippen LogP contribution is -2.36. The Hall–Kier alpha value is -2.40. The standard InChI is InChI=1S/C16H19N3O2/c1-21-16-14(8-5-11-18-16)19-15(20)13(17)10-9-12-6-3-2-4-7-12/h2-8,11,13H,9-10,17H2,1H3,(H,19,20). The molecule has 0 fully saturated rings. The molecule has 5 heteroatoms. The average Bonchev–Trinajstić information content (AvgIpc) is 2.54. The maximum Gasteiger partial charge on any atom is 0.241 e. The van der Waals surface area contributed by atoms with E-state index in [1.54, 1.807) is 18.3 Å². The van der Waals surface area contributed by atoms with Gasteiger partial charge in [-0.15, -0.1) is 0 Å². The minimum absolute atomic E-state index is 0.239. The van der Waals surface area contributed by atoms with Gasteiger partial charge in [0.2, 0.25) is 11.8 Å². The molecule has 0 aliphatic rings. The normalized spacial score (nSPS) is 11.7. The van der Waals surface area contributed by atoms with E-state index >= 15 is 0 Å². The first-order valence-electron chi connectivity index (χ1n) is 6.80. The summed E-state index contributed by atoms with van der Waals surface area (Å²) in [6, 6.07) is 12.8. The van der Waals surface area contributed by atoms with Crippen molar-refractivity contribution in [2.24, 2.45) is 5.73 Å². The maximum absolute atomic E-state index is 12.1. The van der Waals surface area contributed by atoms with E-state index in [1.165, 1.54) is 12.7 Å². The van der Waals surface area contributed by atoms with Crippen LogP contribution in [0.25, 0.3) is 0 Å². The summed E-state index contributed by atoms with van der Waals surface area (Å²) in [5, 5.41) is 2.75. The molecule has 0 saturated carbocycles. The Morgan fingerprint density at radius 1 is 1.29 bits per heavy atom. The lowest BCUT2D eigenvalue weighted by atomic mass is 10.1. The van der Waals surface area contributed by atoms with Crippen molar-refractivity contribution in [3.63, 3.8) is 0 Å². The lowest BCUT2D eigenvalue weighted by Gasteiger charge is -2.13. The van der Waals surface area contributed by atoms with Crippen LogP contribution < -0.4 is 15.8 Å². The van der Waals surface area contributed by atoms with Gasteiger partial charge in [-0.25, -0.2) is 4.98 Å². The topological polar surface area (TPSA) is 77.2 Å². The van der Waals surface area contributed by atoms with Crippen LogP contribution in [0.15, 0.2) is 48.7 Å². The smallest absolute Gasteiger partial charge is 0.241 e. The van der Waals surface area contributed by atoms with Gasteiger partial charge >= 0.3 is 0 Å². The summed E-state index contributed by atoms with van der Waals surface area (Å²) in [6.45, 7) is 0. The van der Waals surface area contributed by atoms with E-state index in [2.05, 4.69) is 10.3 Å². The van der Waals surface area contributed by atoms with Crippen LogP contribution in [0.4, 0.5) is 5.69 Å². The highest BCUT2D eigenvalue weighted by Crippen LogP contribution is 2.20. The van der Waals surface area contributed by atoms with Gasteiger partial charge in [0.15, 0.2) is 0 Å². The summed E-state index contributed by atoms with van der Waals surface area (Å²) in [4.78, 5) is 16.1. The van der Waals surface area contributed by atoms with Gasteiger partial charge in [0.05, 0.1) is 13.2 Å². The van der Waals surface area contributed by atoms with Gasteiger partial charge in [-0.3, -0.25) is 4.79 Å². The van der Waals surface area contributed by atoms with E-state index in [-0.39, 0.29) is 5.91 Å². The number of methoxy groups -OCH3 is 1. The number of pyridine rings is 1. The highest BCUT2D eigenvalue weighted by Gasteiger charge is 2.15. The first-order valence-corrected chi connectivity index (χ1v) is 6.80. The molecule has 2 aromatic rings. The van der Waals surface area contributed by atoms with Crippen molar-refractivity contribution >= 4 is 11.6 Å². The molecule has 5 nitrogen and oxygen atoms in total. The number of amides is 1. The quantitative estimate of drug-likeness (QED) is 0.851. The third kappa shape index (κ3) is 4.29. The Labute approximate surface area is 124 Å². The van der Waals surface area contributed by atoms with Crippen molar-refractivity contribution in [3.8, 4) is 5.88 Å². The van der Waals surface area contributed by atoms with Crippen molar-refractivity contribution in [2.75, 3.05) is 12.4 Å². The number of rotatable bonds is 6. The Morgan fingerprint density at radius 3 is 2.76 bits per heavy atom. The van der Waals surface area contributed by atoms with E-state index in [0.29, 0.717) is 18.0 Å². The van der Waals surface area contributed by atoms with Crippen molar-refractivity contribution < 1.29 is 9.53 Å². The largest absolute Gasteiger partial charge is 0.480 e. The van der Waals surface area contributed by atoms with Gasteiger partial charge in [-0.2, -0.15) is 0 Å². The molecule has 1 atom stereocenters. The number of aromatic nitrogens is 1. The van der Waals surface area contributed by atoms with Crippen LogP contribution in [-0.4, -0.2) is 24.0 Å². The average molecular weight is 285 g/mol. The number of nitrogens with one attached hydrogen (secondary N) is 1. The van der Waals surface area contributed by atoms with Crippen LogP contribution in [0.3, 0.4) is 0 Å². The molecule has 110 valence electrons. The zero-order chi connectivity index (χ0) is 15.1. The molecule has 2 rings (SSSR count). The van der Waals surface area contributed by atoms with Gasteiger partial charge in [0.25, 0.3) is 0 Å². The number of nitrogens with two attached hydrogens (primary N) is 1. The number of benzene rings is 1. The fourth-order valence-corrected chi connectivity index (χ4v) is 1.97. The number of carbonyl (C=O) groups excluding carboxylic acids is 1. The summed E-state index contributed by atoms with van der Waals surface area (Å²) < 4.78 is 5.09. The lowest BCUT2D eigenvalue weighted by molar-refractivity contribution is -0.117. The summed E-state index contributed by atoms with van der Waals surface area (Å²) in [5.74, 6) is 0.137. The van der Waals surface area contributed by atoms with Gasteiger partial charge < -0.3 is 15.8 Å². The molecule has 0 bridgehead atoms. The second-order valence-electron chi connectivity index (χ2n) is 4.68. The molecule has 1 amide bonds.